The van der Waals surface area contributed by atoms with Gasteiger partial charge < -0.3 is 20.9 Å². The number of hydrogen-bond donors (Lipinski definition) is 3. The van der Waals surface area contributed by atoms with Gasteiger partial charge in [-0.05, 0) is 46.2 Å². The van der Waals surface area contributed by atoms with E-state index in [9.17, 15) is 10.1 Å². The molecule has 2 aromatic heterocycles. The van der Waals surface area contributed by atoms with Crippen molar-refractivity contribution in [3.05, 3.63) is 34.0 Å². The Hall–Kier alpha value is -3.03. The summed E-state index contributed by atoms with van der Waals surface area (Å²) in [6.07, 6.45) is 3.85. The van der Waals surface area contributed by atoms with Crippen LogP contribution in [0.25, 0.3) is 0 Å². The number of likely N-dealkylation sites (N-methyl/N-ethyl adjacent to an activating group) is 1. The first-order chi connectivity index (χ1) is 15.2. The van der Waals surface area contributed by atoms with Crippen molar-refractivity contribution in [3.63, 3.8) is 0 Å². The summed E-state index contributed by atoms with van der Waals surface area (Å²) < 4.78 is 0. The molecule has 3 heterocycles. The lowest BCUT2D eigenvalue weighted by Crippen LogP contribution is -2.51. The van der Waals surface area contributed by atoms with Crippen molar-refractivity contribution in [2.24, 2.45) is 0 Å². The highest BCUT2D eigenvalue weighted by atomic mass is 32.1. The summed E-state index contributed by atoms with van der Waals surface area (Å²) >= 11 is 1.39. The normalized spacial score (nSPS) is 23.3. The lowest BCUT2D eigenvalue weighted by atomic mass is 9.72. The van der Waals surface area contributed by atoms with Crippen molar-refractivity contribution < 1.29 is 4.79 Å². The molecule has 0 saturated carbocycles. The van der Waals surface area contributed by atoms with Crippen LogP contribution in [0.1, 0.15) is 48.4 Å². The highest BCUT2D eigenvalue weighted by molar-refractivity contribution is 7.16. The maximum Gasteiger partial charge on any atom is 0.236 e. The smallest absolute Gasteiger partial charge is 0.236 e. The lowest BCUT2D eigenvalue weighted by Gasteiger charge is -2.38. The van der Waals surface area contributed by atoms with Crippen LogP contribution in [0, 0.1) is 16.7 Å². The van der Waals surface area contributed by atoms with Crippen LogP contribution >= 0.6 is 11.3 Å². The Bertz CT molecular complexity index is 1110. The molecular formula is C22H28N8OS. The molecule has 10 heteroatoms. The first-order valence-electron chi connectivity index (χ1n) is 10.7. The van der Waals surface area contributed by atoms with Gasteiger partial charge in [-0.25, -0.2) is 9.97 Å². The molecule has 1 aliphatic heterocycles. The molecule has 1 amide bonds. The van der Waals surface area contributed by atoms with Crippen molar-refractivity contribution in [3.8, 4) is 6.07 Å². The second-order valence-electron chi connectivity index (χ2n) is 8.81. The zero-order chi connectivity index (χ0) is 23.0. The predicted octanol–water partition coefficient (Wildman–Crippen LogP) is 1.87. The summed E-state index contributed by atoms with van der Waals surface area (Å²) in [5.74, 6) is 0.173. The van der Waals surface area contributed by atoms with E-state index in [1.54, 1.807) is 12.3 Å². The first kappa shape index (κ1) is 22.2. The minimum absolute atomic E-state index is 0.0736. The maximum absolute atomic E-state index is 13.4. The van der Waals surface area contributed by atoms with Gasteiger partial charge in [-0.3, -0.25) is 10.2 Å². The van der Waals surface area contributed by atoms with Crippen LogP contribution in [-0.2, 0) is 16.6 Å². The van der Waals surface area contributed by atoms with E-state index >= 15 is 0 Å². The Morgan fingerprint density at radius 1 is 1.47 bits per heavy atom. The number of carbonyl (C=O) groups is 1. The summed E-state index contributed by atoms with van der Waals surface area (Å²) in [5.41, 5.74) is 6.60. The number of nitrogens with two attached hydrogens (primary N) is 1. The zero-order valence-electron chi connectivity index (χ0n) is 18.6. The Labute approximate surface area is 191 Å². The van der Waals surface area contributed by atoms with Gasteiger partial charge in [0.05, 0.1) is 11.0 Å². The number of nitrogen functional groups attached to an aromatic ring is 1. The number of rotatable bonds is 3. The molecule has 2 aliphatic rings. The minimum Gasteiger partial charge on any atom is -0.389 e. The number of thiophene rings is 1. The summed E-state index contributed by atoms with van der Waals surface area (Å²) in [4.78, 5) is 27.7. The Balaban J connectivity index is 1.56. The van der Waals surface area contributed by atoms with Gasteiger partial charge in [-0.2, -0.15) is 5.26 Å². The van der Waals surface area contributed by atoms with Gasteiger partial charge in [0.25, 0.3) is 0 Å². The van der Waals surface area contributed by atoms with E-state index in [1.807, 2.05) is 6.92 Å². The molecule has 32 heavy (non-hydrogen) atoms. The molecule has 168 valence electrons. The number of aryl methyl sites for hydroxylation is 1. The van der Waals surface area contributed by atoms with E-state index in [4.69, 9.17) is 11.1 Å². The van der Waals surface area contributed by atoms with Gasteiger partial charge in [0.1, 0.15) is 16.8 Å². The van der Waals surface area contributed by atoms with Crippen molar-refractivity contribution in [1.29, 1.82) is 10.7 Å². The average molecular weight is 453 g/mol. The van der Waals surface area contributed by atoms with Gasteiger partial charge >= 0.3 is 0 Å². The van der Waals surface area contributed by atoms with Crippen LogP contribution in [0.4, 0.5) is 10.9 Å². The Kier molecular flexibility index (Phi) is 5.88. The number of nitrogens with one attached hydrogen (secondary N) is 2. The van der Waals surface area contributed by atoms with Crippen LogP contribution in [0.15, 0.2) is 12.3 Å². The second kappa shape index (κ2) is 8.48. The van der Waals surface area contributed by atoms with E-state index < -0.39 is 5.41 Å². The average Bonchev–Trinajstić information content (AvgIpc) is 3.10. The molecule has 0 radical (unpaired) electrons. The zero-order valence-corrected chi connectivity index (χ0v) is 19.4. The molecule has 9 nitrogen and oxygen atoms in total. The predicted molar refractivity (Wildman–Crippen MR) is 125 cm³/mol. The van der Waals surface area contributed by atoms with Crippen LogP contribution in [0.3, 0.4) is 0 Å². The van der Waals surface area contributed by atoms with Crippen LogP contribution in [0.2, 0.25) is 0 Å². The monoisotopic (exact) mass is 452 g/mol. The first-order valence-corrected chi connectivity index (χ1v) is 11.6. The van der Waals surface area contributed by atoms with E-state index in [2.05, 4.69) is 45.1 Å². The third-order valence-electron chi connectivity index (χ3n) is 6.48. The van der Waals surface area contributed by atoms with Crippen LogP contribution < -0.4 is 16.0 Å². The molecule has 0 aromatic carbocycles. The molecule has 2 aromatic rings. The number of piperazine rings is 1. The number of carbonyl (C=O) groups excluding carboxylic acids is 1. The molecule has 0 spiro atoms. The van der Waals surface area contributed by atoms with Crippen molar-refractivity contribution in [2.75, 3.05) is 37.3 Å². The van der Waals surface area contributed by atoms with Gasteiger partial charge in [-0.1, -0.05) is 0 Å². The molecule has 4 N–H and O–H groups in total. The van der Waals surface area contributed by atoms with E-state index in [0.717, 1.165) is 37.4 Å². The fraction of sp³-hybridized carbons (Fsp3) is 0.500. The minimum atomic E-state index is -0.916. The molecular weight excluding hydrogens is 424 g/mol. The standard InChI is InChI=1S/C22H28N8OS/c1-13-12-29(3)9-10-30(13)21-26-8-6-15(27-21)18(24)28-20(31)22(2)7-4-5-16-17(22)14(11-23)19(25)32-16/h6,8,13H,4-5,7,9-10,12,25H2,1-3H3,(H2,24,28,31)/t13-,22-/m0/s1. The molecule has 1 aliphatic carbocycles. The van der Waals surface area contributed by atoms with Gasteiger partial charge in [0.2, 0.25) is 11.9 Å². The van der Waals surface area contributed by atoms with Crippen molar-refractivity contribution in [2.45, 2.75) is 44.6 Å². The number of anilines is 2. The molecule has 1 fully saturated rings. The number of nitrogens with zero attached hydrogens (tertiary/aromatic N) is 5. The number of hydrogen-bond acceptors (Lipinski definition) is 9. The van der Waals surface area contributed by atoms with Crippen molar-refractivity contribution in [1.82, 2.24) is 20.2 Å². The third-order valence-corrected chi connectivity index (χ3v) is 7.56. The summed E-state index contributed by atoms with van der Waals surface area (Å²) in [6.45, 7) is 6.58. The molecule has 0 unspecified atom stereocenters. The Morgan fingerprint density at radius 2 is 2.25 bits per heavy atom. The van der Waals surface area contributed by atoms with Crippen LogP contribution in [-0.4, -0.2) is 59.3 Å². The van der Waals surface area contributed by atoms with E-state index in [0.29, 0.717) is 34.2 Å². The maximum atomic E-state index is 13.4. The number of nitriles is 1. The third kappa shape index (κ3) is 3.82. The summed E-state index contributed by atoms with van der Waals surface area (Å²) in [7, 11) is 2.09. The highest BCUT2D eigenvalue weighted by Gasteiger charge is 2.43. The van der Waals surface area contributed by atoms with Gasteiger partial charge in [0.15, 0.2) is 5.84 Å². The molecule has 1 saturated heterocycles. The molecule has 0 bridgehead atoms. The van der Waals surface area contributed by atoms with Gasteiger partial charge in [-0.15, -0.1) is 11.3 Å². The SMILES string of the molecule is C[C@H]1CN(C)CCN1c1nccc(C(=N)NC(=O)[C@@]2(C)CCCc3sc(N)c(C#N)c32)n1. The van der Waals surface area contributed by atoms with Crippen LogP contribution in [0.5, 0.6) is 0 Å². The number of aromatic nitrogens is 2. The number of fused-ring (bicyclic) bond motifs is 1. The van der Waals surface area contributed by atoms with E-state index in [1.165, 1.54) is 11.3 Å². The topological polar surface area (TPSA) is 135 Å². The molecule has 2 atom stereocenters. The number of amidine groups is 1. The number of amides is 1. The van der Waals surface area contributed by atoms with Gasteiger partial charge in [0, 0.05) is 42.3 Å². The second-order valence-corrected chi connectivity index (χ2v) is 9.95. The largest absolute Gasteiger partial charge is 0.389 e. The fourth-order valence-corrected chi connectivity index (χ4v) is 5.89. The van der Waals surface area contributed by atoms with Crippen molar-refractivity contribution >= 4 is 34.0 Å². The lowest BCUT2D eigenvalue weighted by molar-refractivity contribution is -0.125. The highest BCUT2D eigenvalue weighted by Crippen LogP contribution is 2.45. The summed E-state index contributed by atoms with van der Waals surface area (Å²) in [5, 5.41) is 21.3. The summed E-state index contributed by atoms with van der Waals surface area (Å²) in [6, 6.07) is 4.05. The fourth-order valence-electron chi connectivity index (χ4n) is 4.70. The molecule has 4 rings (SSSR count). The van der Waals surface area contributed by atoms with E-state index in [-0.39, 0.29) is 17.8 Å². The quantitative estimate of drug-likeness (QED) is 0.478. The Morgan fingerprint density at radius 3 is 2.97 bits per heavy atom.